The normalized spacial score (nSPS) is 31.1. The van der Waals surface area contributed by atoms with Crippen molar-refractivity contribution in [2.75, 3.05) is 13.7 Å². The van der Waals surface area contributed by atoms with E-state index in [1.807, 2.05) is 13.8 Å². The Hall–Kier alpha value is -0.810. The standard InChI is InChI=1S/C15H30N2O3/c1-7-14(4,8-9-18)17-12(19)16-11-10-15(5,20-6)13(11,2)3/h11,18H,7-10H2,1-6H3,(H2,16,17,19). The van der Waals surface area contributed by atoms with Gasteiger partial charge in [-0.25, -0.2) is 4.79 Å². The first-order valence-corrected chi connectivity index (χ1v) is 7.39. The van der Waals surface area contributed by atoms with Gasteiger partial charge < -0.3 is 20.5 Å². The number of ether oxygens (including phenoxy) is 1. The molecule has 5 nitrogen and oxygen atoms in total. The molecule has 1 fully saturated rings. The number of aliphatic hydroxyl groups excluding tert-OH is 1. The van der Waals surface area contributed by atoms with Crippen molar-refractivity contribution in [1.29, 1.82) is 0 Å². The van der Waals surface area contributed by atoms with Crippen LogP contribution in [0.1, 0.15) is 53.9 Å². The third kappa shape index (κ3) is 3.09. The fourth-order valence-electron chi connectivity index (χ4n) is 2.77. The van der Waals surface area contributed by atoms with Crippen LogP contribution in [0.2, 0.25) is 0 Å². The Morgan fingerprint density at radius 3 is 2.45 bits per heavy atom. The maximum Gasteiger partial charge on any atom is 0.315 e. The molecule has 0 saturated heterocycles. The lowest BCUT2D eigenvalue weighted by atomic mass is 9.56. The van der Waals surface area contributed by atoms with E-state index in [-0.39, 0.29) is 35.2 Å². The van der Waals surface area contributed by atoms with Gasteiger partial charge >= 0.3 is 6.03 Å². The minimum Gasteiger partial charge on any atom is -0.396 e. The van der Waals surface area contributed by atoms with Gasteiger partial charge in [0.2, 0.25) is 0 Å². The molecule has 1 saturated carbocycles. The predicted octanol–water partition coefficient (Wildman–Crippen LogP) is 2.04. The Bertz CT molecular complexity index is 359. The van der Waals surface area contributed by atoms with Gasteiger partial charge in [-0.2, -0.15) is 0 Å². The smallest absolute Gasteiger partial charge is 0.315 e. The minimum atomic E-state index is -0.364. The van der Waals surface area contributed by atoms with E-state index in [0.717, 1.165) is 12.8 Å². The second kappa shape index (κ2) is 5.90. The van der Waals surface area contributed by atoms with Crippen molar-refractivity contribution >= 4 is 6.03 Å². The molecule has 0 aromatic heterocycles. The number of hydrogen-bond donors (Lipinski definition) is 3. The molecule has 3 N–H and O–H groups in total. The highest BCUT2D eigenvalue weighted by Crippen LogP contribution is 2.51. The Morgan fingerprint density at radius 1 is 1.45 bits per heavy atom. The Labute approximate surface area is 122 Å². The highest BCUT2D eigenvalue weighted by molar-refractivity contribution is 5.75. The molecule has 20 heavy (non-hydrogen) atoms. The summed E-state index contributed by atoms with van der Waals surface area (Å²) in [7, 11) is 1.72. The fourth-order valence-corrected chi connectivity index (χ4v) is 2.77. The molecule has 0 aromatic rings. The quantitative estimate of drug-likeness (QED) is 0.700. The molecule has 2 amide bonds. The first-order valence-electron chi connectivity index (χ1n) is 7.39. The lowest BCUT2D eigenvalue weighted by molar-refractivity contribution is -0.177. The fraction of sp³-hybridized carbons (Fsp3) is 0.933. The Morgan fingerprint density at radius 2 is 2.05 bits per heavy atom. The van der Waals surface area contributed by atoms with Crippen molar-refractivity contribution in [3.63, 3.8) is 0 Å². The molecule has 1 aliphatic rings. The van der Waals surface area contributed by atoms with Gasteiger partial charge in [0.1, 0.15) is 0 Å². The van der Waals surface area contributed by atoms with Gasteiger partial charge in [-0.15, -0.1) is 0 Å². The van der Waals surface area contributed by atoms with Crippen molar-refractivity contribution in [2.24, 2.45) is 5.41 Å². The van der Waals surface area contributed by atoms with Crippen LogP contribution in [0.5, 0.6) is 0 Å². The first-order chi connectivity index (χ1) is 9.14. The van der Waals surface area contributed by atoms with E-state index in [9.17, 15) is 4.79 Å². The summed E-state index contributed by atoms with van der Waals surface area (Å²) in [5.41, 5.74) is -0.653. The summed E-state index contributed by atoms with van der Waals surface area (Å²) in [4.78, 5) is 12.1. The molecule has 3 unspecified atom stereocenters. The first kappa shape index (κ1) is 17.2. The molecule has 3 atom stereocenters. The molecular formula is C15H30N2O3. The highest BCUT2D eigenvalue weighted by Gasteiger charge is 2.58. The van der Waals surface area contributed by atoms with Gasteiger partial charge in [0.15, 0.2) is 0 Å². The lowest BCUT2D eigenvalue weighted by Gasteiger charge is -2.59. The number of rotatable bonds is 6. The van der Waals surface area contributed by atoms with Gasteiger partial charge in [0.25, 0.3) is 0 Å². The van der Waals surface area contributed by atoms with Crippen LogP contribution in [0.25, 0.3) is 0 Å². The van der Waals surface area contributed by atoms with Gasteiger partial charge in [0, 0.05) is 30.7 Å². The number of urea groups is 1. The largest absolute Gasteiger partial charge is 0.396 e. The van der Waals surface area contributed by atoms with Crippen molar-refractivity contribution in [2.45, 2.75) is 71.1 Å². The summed E-state index contributed by atoms with van der Waals surface area (Å²) in [6, 6.07) is -0.0679. The zero-order valence-corrected chi connectivity index (χ0v) is 13.7. The van der Waals surface area contributed by atoms with Crippen LogP contribution >= 0.6 is 0 Å². The molecule has 0 radical (unpaired) electrons. The summed E-state index contributed by atoms with van der Waals surface area (Å²) in [5, 5.41) is 15.1. The van der Waals surface area contributed by atoms with Crippen LogP contribution in [0.4, 0.5) is 4.79 Å². The monoisotopic (exact) mass is 286 g/mol. The van der Waals surface area contributed by atoms with E-state index in [1.54, 1.807) is 7.11 Å². The molecule has 0 spiro atoms. The van der Waals surface area contributed by atoms with E-state index in [2.05, 4.69) is 31.4 Å². The van der Waals surface area contributed by atoms with Gasteiger partial charge in [-0.05, 0) is 33.1 Å². The molecule has 1 aliphatic carbocycles. The maximum absolute atomic E-state index is 12.1. The van der Waals surface area contributed by atoms with Gasteiger partial charge in [0.05, 0.1) is 5.60 Å². The number of aliphatic hydroxyl groups is 1. The zero-order valence-electron chi connectivity index (χ0n) is 13.7. The molecule has 1 rings (SSSR count). The van der Waals surface area contributed by atoms with Crippen molar-refractivity contribution in [3.05, 3.63) is 0 Å². The molecule has 0 aliphatic heterocycles. The summed E-state index contributed by atoms with van der Waals surface area (Å²) >= 11 is 0. The van der Waals surface area contributed by atoms with E-state index in [4.69, 9.17) is 9.84 Å². The summed E-state index contributed by atoms with van der Waals surface area (Å²) in [6.45, 7) is 10.3. The molecular weight excluding hydrogens is 256 g/mol. The SMILES string of the molecule is CCC(C)(CCO)NC(=O)NC1CC(C)(OC)C1(C)C. The predicted molar refractivity (Wildman–Crippen MR) is 79.7 cm³/mol. The van der Waals surface area contributed by atoms with Crippen LogP contribution in [-0.4, -0.2) is 42.0 Å². The van der Waals surface area contributed by atoms with Crippen molar-refractivity contribution in [1.82, 2.24) is 10.6 Å². The molecule has 0 aromatic carbocycles. The second-order valence-corrected chi connectivity index (χ2v) is 6.90. The van der Waals surface area contributed by atoms with Crippen molar-refractivity contribution < 1.29 is 14.6 Å². The minimum absolute atomic E-state index is 0.0707. The Balaban J connectivity index is 2.57. The third-order valence-corrected chi connectivity index (χ3v) is 5.44. The van der Waals surface area contributed by atoms with Crippen LogP contribution in [0.3, 0.4) is 0 Å². The topological polar surface area (TPSA) is 70.6 Å². The summed E-state index contributed by atoms with van der Waals surface area (Å²) < 4.78 is 5.56. The number of nitrogens with one attached hydrogen (secondary N) is 2. The van der Waals surface area contributed by atoms with Crippen LogP contribution < -0.4 is 10.6 Å². The number of methoxy groups -OCH3 is 1. The molecule has 0 heterocycles. The summed E-state index contributed by atoms with van der Waals surface area (Å²) in [6.07, 6.45) is 2.15. The van der Waals surface area contributed by atoms with Gasteiger partial charge in [-0.3, -0.25) is 0 Å². The second-order valence-electron chi connectivity index (χ2n) is 6.90. The average molecular weight is 286 g/mol. The highest BCUT2D eigenvalue weighted by atomic mass is 16.5. The lowest BCUT2D eigenvalue weighted by Crippen LogP contribution is -2.70. The van der Waals surface area contributed by atoms with Crippen LogP contribution in [-0.2, 0) is 4.74 Å². The molecule has 118 valence electrons. The van der Waals surface area contributed by atoms with E-state index >= 15 is 0 Å². The number of amides is 2. The van der Waals surface area contributed by atoms with Crippen molar-refractivity contribution in [3.8, 4) is 0 Å². The van der Waals surface area contributed by atoms with Crippen LogP contribution in [0, 0.1) is 5.41 Å². The molecule has 5 heteroatoms. The maximum atomic E-state index is 12.1. The Kier molecular flexibility index (Phi) is 5.08. The number of hydrogen-bond acceptors (Lipinski definition) is 3. The average Bonchev–Trinajstić information content (AvgIpc) is 2.38. The number of carbonyl (C=O) groups excluding carboxylic acids is 1. The molecule has 0 bridgehead atoms. The number of carbonyl (C=O) groups is 1. The van der Waals surface area contributed by atoms with E-state index in [0.29, 0.717) is 6.42 Å². The van der Waals surface area contributed by atoms with Gasteiger partial charge in [-0.1, -0.05) is 20.8 Å². The van der Waals surface area contributed by atoms with E-state index < -0.39 is 0 Å². The van der Waals surface area contributed by atoms with E-state index in [1.165, 1.54) is 0 Å². The third-order valence-electron chi connectivity index (χ3n) is 5.44. The zero-order chi connectivity index (χ0) is 15.6. The van der Waals surface area contributed by atoms with Crippen LogP contribution in [0.15, 0.2) is 0 Å². The summed E-state index contributed by atoms with van der Waals surface area (Å²) in [5.74, 6) is 0.